The van der Waals surface area contributed by atoms with Crippen molar-refractivity contribution in [2.24, 2.45) is 5.41 Å². The summed E-state index contributed by atoms with van der Waals surface area (Å²) in [7, 11) is 1.35. The summed E-state index contributed by atoms with van der Waals surface area (Å²) in [6.45, 7) is 3.66. The van der Waals surface area contributed by atoms with Gasteiger partial charge in [0, 0.05) is 22.1 Å². The zero-order valence-electron chi connectivity index (χ0n) is 15.3. The summed E-state index contributed by atoms with van der Waals surface area (Å²) >= 11 is 2.29. The van der Waals surface area contributed by atoms with E-state index in [-0.39, 0.29) is 18.2 Å². The average Bonchev–Trinajstić information content (AvgIpc) is 2.67. The Labute approximate surface area is 168 Å². The number of alkyl halides is 1. The van der Waals surface area contributed by atoms with Gasteiger partial charge in [0.25, 0.3) is 0 Å². The van der Waals surface area contributed by atoms with Crippen LogP contribution < -0.4 is 5.73 Å². The number of esters is 1. The molecule has 2 rings (SSSR count). The second-order valence-electron chi connectivity index (χ2n) is 6.63. The molecule has 0 bridgehead atoms. The van der Waals surface area contributed by atoms with E-state index in [2.05, 4.69) is 28.7 Å². The van der Waals surface area contributed by atoms with E-state index in [4.69, 9.17) is 10.5 Å². The number of anilines is 1. The number of methoxy groups -OCH3 is 1. The number of nitrogen functional groups attached to an aromatic ring is 1. The molecule has 138 valence electrons. The quantitative estimate of drug-likeness (QED) is 0.205. The standard InChI is InChI=1S/C21H24INO3/c1-4-21(2,20(25)26-3)12-19(24)15-7-5-14(6-8-15)16-9-10-18(23)17(11-16)13-22/h5-11H,4,12-13,23H2,1-3H3. The molecule has 0 saturated heterocycles. The molecule has 4 nitrogen and oxygen atoms in total. The maximum absolute atomic E-state index is 12.6. The number of ether oxygens (including phenoxy) is 1. The van der Waals surface area contributed by atoms with Crippen LogP contribution in [0.2, 0.25) is 0 Å². The second-order valence-corrected chi connectivity index (χ2v) is 7.39. The Morgan fingerprint density at radius 3 is 2.27 bits per heavy atom. The molecule has 0 aliphatic heterocycles. The first-order valence-corrected chi connectivity index (χ1v) is 10.0. The number of hydrogen-bond acceptors (Lipinski definition) is 4. The highest BCUT2D eigenvalue weighted by Gasteiger charge is 2.35. The summed E-state index contributed by atoms with van der Waals surface area (Å²) in [6.07, 6.45) is 0.685. The molecule has 1 unspecified atom stereocenters. The SMILES string of the molecule is CCC(C)(CC(=O)c1ccc(-c2ccc(N)c(CI)c2)cc1)C(=O)OC. The normalized spacial score (nSPS) is 13.1. The van der Waals surface area contributed by atoms with E-state index in [1.165, 1.54) is 7.11 Å². The van der Waals surface area contributed by atoms with Gasteiger partial charge in [-0.15, -0.1) is 0 Å². The van der Waals surface area contributed by atoms with E-state index in [1.807, 2.05) is 43.3 Å². The molecule has 2 aromatic rings. The number of ketones is 1. The number of benzene rings is 2. The Morgan fingerprint density at radius 1 is 1.12 bits per heavy atom. The van der Waals surface area contributed by atoms with Crippen molar-refractivity contribution >= 4 is 40.0 Å². The largest absolute Gasteiger partial charge is 0.469 e. The molecular weight excluding hydrogens is 441 g/mol. The first kappa shape index (κ1) is 20.4. The van der Waals surface area contributed by atoms with Gasteiger partial charge >= 0.3 is 5.97 Å². The van der Waals surface area contributed by atoms with E-state index in [0.717, 1.165) is 26.8 Å². The summed E-state index contributed by atoms with van der Waals surface area (Å²) in [5.74, 6) is -0.408. The smallest absolute Gasteiger partial charge is 0.311 e. The van der Waals surface area contributed by atoms with Gasteiger partial charge in [0.15, 0.2) is 5.78 Å². The van der Waals surface area contributed by atoms with E-state index in [1.54, 1.807) is 6.92 Å². The number of nitrogens with two attached hydrogens (primary N) is 1. The van der Waals surface area contributed by atoms with Gasteiger partial charge in [-0.2, -0.15) is 0 Å². The van der Waals surface area contributed by atoms with Crippen LogP contribution in [0.1, 0.15) is 42.6 Å². The van der Waals surface area contributed by atoms with Crippen molar-refractivity contribution in [3.63, 3.8) is 0 Å². The fourth-order valence-electron chi connectivity index (χ4n) is 2.79. The molecule has 26 heavy (non-hydrogen) atoms. The molecule has 0 saturated carbocycles. The molecule has 0 spiro atoms. The molecule has 0 amide bonds. The van der Waals surface area contributed by atoms with Crippen molar-refractivity contribution in [2.45, 2.75) is 31.1 Å². The van der Waals surface area contributed by atoms with E-state index >= 15 is 0 Å². The van der Waals surface area contributed by atoms with Gasteiger partial charge < -0.3 is 10.5 Å². The third-order valence-corrected chi connectivity index (χ3v) is 5.66. The number of Topliss-reactive ketones (excluding diaryl/α,β-unsaturated/α-hetero) is 1. The minimum absolute atomic E-state index is 0.0587. The molecular formula is C21H24INO3. The maximum atomic E-state index is 12.6. The van der Waals surface area contributed by atoms with Crippen LogP contribution in [0.5, 0.6) is 0 Å². The zero-order valence-corrected chi connectivity index (χ0v) is 17.5. The average molecular weight is 465 g/mol. The van der Waals surface area contributed by atoms with E-state index in [9.17, 15) is 9.59 Å². The first-order valence-electron chi connectivity index (χ1n) is 8.51. The molecule has 0 aliphatic carbocycles. The number of carbonyl (C=O) groups is 2. The minimum atomic E-state index is -0.795. The monoisotopic (exact) mass is 465 g/mol. The Balaban J connectivity index is 2.21. The lowest BCUT2D eigenvalue weighted by molar-refractivity contribution is -0.151. The van der Waals surface area contributed by atoms with Gasteiger partial charge in [0.2, 0.25) is 0 Å². The Kier molecular flexibility index (Phi) is 6.81. The zero-order chi connectivity index (χ0) is 19.3. The van der Waals surface area contributed by atoms with Crippen LogP contribution in [-0.2, 0) is 14.0 Å². The van der Waals surface area contributed by atoms with Crippen molar-refractivity contribution in [3.05, 3.63) is 53.6 Å². The van der Waals surface area contributed by atoms with Crippen molar-refractivity contribution in [3.8, 4) is 11.1 Å². The predicted octanol–water partition coefficient (Wildman–Crippen LogP) is 5.03. The van der Waals surface area contributed by atoms with Gasteiger partial charge in [0.1, 0.15) is 0 Å². The lowest BCUT2D eigenvalue weighted by atomic mass is 9.81. The number of hydrogen-bond donors (Lipinski definition) is 1. The van der Waals surface area contributed by atoms with Crippen LogP contribution in [0.3, 0.4) is 0 Å². The lowest BCUT2D eigenvalue weighted by Gasteiger charge is -2.24. The van der Waals surface area contributed by atoms with Crippen LogP contribution in [0.25, 0.3) is 11.1 Å². The van der Waals surface area contributed by atoms with Crippen LogP contribution in [0.4, 0.5) is 5.69 Å². The highest BCUT2D eigenvalue weighted by molar-refractivity contribution is 14.1. The molecule has 2 aromatic carbocycles. The number of carbonyl (C=O) groups excluding carboxylic acids is 2. The summed E-state index contributed by atoms with van der Waals surface area (Å²) in [4.78, 5) is 24.6. The first-order chi connectivity index (χ1) is 12.3. The topological polar surface area (TPSA) is 69.4 Å². The molecule has 2 N–H and O–H groups in total. The summed E-state index contributed by atoms with van der Waals surface area (Å²) in [5.41, 5.74) is 9.75. The van der Waals surface area contributed by atoms with Gasteiger partial charge in [-0.1, -0.05) is 59.8 Å². The summed E-state index contributed by atoms with van der Waals surface area (Å²) in [6, 6.07) is 13.4. The molecule has 5 heteroatoms. The number of rotatable bonds is 7. The fourth-order valence-corrected chi connectivity index (χ4v) is 3.45. The van der Waals surface area contributed by atoms with E-state index in [0.29, 0.717) is 12.0 Å². The van der Waals surface area contributed by atoms with Gasteiger partial charge in [-0.25, -0.2) is 0 Å². The summed E-state index contributed by atoms with van der Waals surface area (Å²) in [5, 5.41) is 0. The summed E-state index contributed by atoms with van der Waals surface area (Å²) < 4.78 is 5.69. The maximum Gasteiger partial charge on any atom is 0.311 e. The Bertz CT molecular complexity index is 801. The van der Waals surface area contributed by atoms with Crippen molar-refractivity contribution in [1.29, 1.82) is 0 Å². The molecule has 0 aliphatic rings. The Morgan fingerprint density at radius 2 is 1.73 bits per heavy atom. The molecule has 0 fully saturated rings. The molecule has 0 heterocycles. The lowest BCUT2D eigenvalue weighted by Crippen LogP contribution is -2.31. The van der Waals surface area contributed by atoms with Gasteiger partial charge in [0.05, 0.1) is 12.5 Å². The van der Waals surface area contributed by atoms with Crippen LogP contribution in [0.15, 0.2) is 42.5 Å². The van der Waals surface area contributed by atoms with Crippen LogP contribution >= 0.6 is 22.6 Å². The second kappa shape index (κ2) is 8.66. The van der Waals surface area contributed by atoms with Crippen LogP contribution in [-0.4, -0.2) is 18.9 Å². The van der Waals surface area contributed by atoms with Crippen molar-refractivity contribution in [2.75, 3.05) is 12.8 Å². The third-order valence-electron chi connectivity index (χ3n) is 4.84. The fraction of sp³-hybridized carbons (Fsp3) is 0.333. The molecule has 1 atom stereocenters. The van der Waals surface area contributed by atoms with Gasteiger partial charge in [-0.3, -0.25) is 9.59 Å². The Hall–Kier alpha value is -1.89. The molecule has 0 radical (unpaired) electrons. The van der Waals surface area contributed by atoms with E-state index < -0.39 is 5.41 Å². The van der Waals surface area contributed by atoms with Crippen LogP contribution in [0, 0.1) is 5.41 Å². The minimum Gasteiger partial charge on any atom is -0.469 e. The number of halogens is 1. The predicted molar refractivity (Wildman–Crippen MR) is 113 cm³/mol. The van der Waals surface area contributed by atoms with Gasteiger partial charge in [-0.05, 0) is 42.2 Å². The highest BCUT2D eigenvalue weighted by Crippen LogP contribution is 2.30. The third kappa shape index (κ3) is 4.44. The van der Waals surface area contributed by atoms with Crippen molar-refractivity contribution < 1.29 is 14.3 Å². The van der Waals surface area contributed by atoms with Crippen molar-refractivity contribution in [1.82, 2.24) is 0 Å². The highest BCUT2D eigenvalue weighted by atomic mass is 127. The molecule has 0 aromatic heterocycles.